The molecule has 6 heteroatoms. The van der Waals surface area contributed by atoms with Gasteiger partial charge in [-0.1, -0.05) is 35.3 Å². The highest BCUT2D eigenvalue weighted by Crippen LogP contribution is 2.26. The van der Waals surface area contributed by atoms with Gasteiger partial charge in [-0.05, 0) is 42.8 Å². The summed E-state index contributed by atoms with van der Waals surface area (Å²) in [7, 11) is 0. The molecule has 2 aromatic rings. The summed E-state index contributed by atoms with van der Waals surface area (Å²) >= 11 is 12.0. The summed E-state index contributed by atoms with van der Waals surface area (Å²) in [4.78, 5) is 12.0. The van der Waals surface area contributed by atoms with Gasteiger partial charge in [-0.25, -0.2) is 0 Å². The number of nitrogens with one attached hydrogen (secondary N) is 1. The molecule has 118 valence electrons. The molecule has 4 nitrogen and oxygen atoms in total. The monoisotopic (exact) mass is 348 g/mol. The van der Waals surface area contributed by atoms with Gasteiger partial charge in [0, 0.05) is 10.0 Å². The standard InChI is InChI=1S/C17H14Cl2N2O2/c1-11(15-6-5-13(18)8-16(15)19)21-17(22)10-23-14-4-2-3-12(7-14)9-20/h2-8,11H,10H2,1H3,(H,21,22)/t11-/m0/s1. The Kier molecular flexibility index (Phi) is 5.86. The van der Waals surface area contributed by atoms with Crippen LogP contribution in [0.25, 0.3) is 0 Å². The molecule has 0 bridgehead atoms. The second-order valence-corrected chi connectivity index (χ2v) is 5.73. The average Bonchev–Trinajstić information content (AvgIpc) is 2.53. The van der Waals surface area contributed by atoms with Gasteiger partial charge < -0.3 is 10.1 Å². The number of hydrogen-bond donors (Lipinski definition) is 1. The molecule has 23 heavy (non-hydrogen) atoms. The van der Waals surface area contributed by atoms with E-state index in [1.807, 2.05) is 13.0 Å². The van der Waals surface area contributed by atoms with E-state index in [4.69, 9.17) is 33.2 Å². The van der Waals surface area contributed by atoms with Crippen molar-refractivity contribution in [3.63, 3.8) is 0 Å². The SMILES string of the molecule is C[C@H](NC(=O)COc1cccc(C#N)c1)c1ccc(Cl)cc1Cl. The summed E-state index contributed by atoms with van der Waals surface area (Å²) in [5.41, 5.74) is 1.25. The Morgan fingerprint density at radius 3 is 2.78 bits per heavy atom. The number of halogens is 2. The molecule has 0 spiro atoms. The van der Waals surface area contributed by atoms with Gasteiger partial charge >= 0.3 is 0 Å². The first-order chi connectivity index (χ1) is 11.0. The minimum absolute atomic E-state index is 0.148. The Balaban J connectivity index is 1.92. The van der Waals surface area contributed by atoms with Gasteiger partial charge in [-0.15, -0.1) is 0 Å². The van der Waals surface area contributed by atoms with Gasteiger partial charge in [0.2, 0.25) is 0 Å². The van der Waals surface area contributed by atoms with Crippen LogP contribution in [0.15, 0.2) is 42.5 Å². The van der Waals surface area contributed by atoms with Crippen LogP contribution in [0.2, 0.25) is 10.0 Å². The fourth-order valence-electron chi connectivity index (χ4n) is 2.02. The number of carbonyl (C=O) groups is 1. The minimum atomic E-state index is -0.286. The van der Waals surface area contributed by atoms with Gasteiger partial charge in [0.15, 0.2) is 6.61 Å². The topological polar surface area (TPSA) is 62.1 Å². The number of nitrogens with zero attached hydrogens (tertiary/aromatic N) is 1. The van der Waals surface area contributed by atoms with Crippen LogP contribution >= 0.6 is 23.2 Å². The van der Waals surface area contributed by atoms with Gasteiger partial charge in [0.1, 0.15) is 5.75 Å². The molecular formula is C17H14Cl2N2O2. The van der Waals surface area contributed by atoms with Crippen molar-refractivity contribution in [2.24, 2.45) is 0 Å². The molecule has 0 radical (unpaired) electrons. The molecule has 1 amide bonds. The number of hydrogen-bond acceptors (Lipinski definition) is 3. The lowest BCUT2D eigenvalue weighted by Gasteiger charge is -2.16. The van der Waals surface area contributed by atoms with Crippen molar-refractivity contribution in [1.82, 2.24) is 5.32 Å². The summed E-state index contributed by atoms with van der Waals surface area (Å²) in [6.45, 7) is 1.67. The van der Waals surface area contributed by atoms with Crippen LogP contribution in [0.4, 0.5) is 0 Å². The van der Waals surface area contributed by atoms with Crippen molar-refractivity contribution in [2.45, 2.75) is 13.0 Å². The fraction of sp³-hybridized carbons (Fsp3) is 0.176. The molecule has 2 rings (SSSR count). The molecule has 0 fully saturated rings. The smallest absolute Gasteiger partial charge is 0.258 e. The van der Waals surface area contributed by atoms with Crippen LogP contribution in [0.3, 0.4) is 0 Å². The van der Waals surface area contributed by atoms with Gasteiger partial charge in [-0.2, -0.15) is 5.26 Å². The van der Waals surface area contributed by atoms with E-state index in [1.54, 1.807) is 42.5 Å². The number of carbonyl (C=O) groups excluding carboxylic acids is 1. The molecule has 2 aromatic carbocycles. The van der Waals surface area contributed by atoms with Crippen molar-refractivity contribution >= 4 is 29.1 Å². The maximum atomic E-state index is 12.0. The predicted molar refractivity (Wildman–Crippen MR) is 89.7 cm³/mol. The summed E-state index contributed by atoms with van der Waals surface area (Å²) in [6, 6.07) is 13.5. The first-order valence-corrected chi connectivity index (χ1v) is 7.62. The summed E-state index contributed by atoms with van der Waals surface area (Å²) in [6.07, 6.45) is 0. The zero-order chi connectivity index (χ0) is 16.8. The number of amides is 1. The van der Waals surface area contributed by atoms with Crippen molar-refractivity contribution in [3.05, 3.63) is 63.6 Å². The van der Waals surface area contributed by atoms with E-state index in [2.05, 4.69) is 5.32 Å². The number of ether oxygens (including phenoxy) is 1. The molecule has 0 saturated carbocycles. The van der Waals surface area contributed by atoms with Crippen LogP contribution in [-0.2, 0) is 4.79 Å². The molecule has 0 aliphatic heterocycles. The van der Waals surface area contributed by atoms with Crippen LogP contribution in [0.5, 0.6) is 5.75 Å². The third-order valence-electron chi connectivity index (χ3n) is 3.14. The van der Waals surface area contributed by atoms with Gasteiger partial charge in [0.25, 0.3) is 5.91 Å². The van der Waals surface area contributed by atoms with Crippen LogP contribution < -0.4 is 10.1 Å². The van der Waals surface area contributed by atoms with Crippen molar-refractivity contribution in [2.75, 3.05) is 6.61 Å². The Hall–Kier alpha value is -2.22. The van der Waals surface area contributed by atoms with E-state index >= 15 is 0 Å². The molecule has 0 saturated heterocycles. The maximum absolute atomic E-state index is 12.0. The summed E-state index contributed by atoms with van der Waals surface area (Å²) in [5.74, 6) is 0.183. The maximum Gasteiger partial charge on any atom is 0.258 e. The van der Waals surface area contributed by atoms with Gasteiger partial charge in [-0.3, -0.25) is 4.79 Å². The highest BCUT2D eigenvalue weighted by atomic mass is 35.5. The molecule has 0 unspecified atom stereocenters. The largest absolute Gasteiger partial charge is 0.484 e. The second-order valence-electron chi connectivity index (χ2n) is 4.88. The number of rotatable bonds is 5. The molecule has 0 heterocycles. The lowest BCUT2D eigenvalue weighted by Crippen LogP contribution is -2.31. The summed E-state index contributed by atoms with van der Waals surface area (Å²) in [5, 5.41) is 12.7. The van der Waals surface area contributed by atoms with Crippen LogP contribution in [0, 0.1) is 11.3 Å². The first kappa shape index (κ1) is 17.1. The van der Waals surface area contributed by atoms with E-state index in [9.17, 15) is 4.79 Å². The highest BCUT2D eigenvalue weighted by molar-refractivity contribution is 6.35. The van der Waals surface area contributed by atoms with E-state index in [-0.39, 0.29) is 18.6 Å². The molecular weight excluding hydrogens is 335 g/mol. The normalized spacial score (nSPS) is 11.4. The number of nitriles is 1. The highest BCUT2D eigenvalue weighted by Gasteiger charge is 2.13. The van der Waals surface area contributed by atoms with E-state index in [0.29, 0.717) is 21.4 Å². The molecule has 0 aliphatic carbocycles. The van der Waals surface area contributed by atoms with Gasteiger partial charge in [0.05, 0.1) is 17.7 Å². The Labute approximate surface area is 144 Å². The Morgan fingerprint density at radius 2 is 2.09 bits per heavy atom. The lowest BCUT2D eigenvalue weighted by atomic mass is 10.1. The second kappa shape index (κ2) is 7.87. The fourth-order valence-corrected chi connectivity index (χ4v) is 2.59. The van der Waals surface area contributed by atoms with Crippen molar-refractivity contribution < 1.29 is 9.53 Å². The number of benzene rings is 2. The Bertz CT molecular complexity index is 756. The third kappa shape index (κ3) is 4.88. The molecule has 1 N–H and O–H groups in total. The van der Waals surface area contributed by atoms with E-state index in [0.717, 1.165) is 5.56 Å². The van der Waals surface area contributed by atoms with Crippen molar-refractivity contribution in [1.29, 1.82) is 5.26 Å². The predicted octanol–water partition coefficient (Wildman–Crippen LogP) is 4.12. The zero-order valence-electron chi connectivity index (χ0n) is 12.3. The lowest BCUT2D eigenvalue weighted by molar-refractivity contribution is -0.123. The quantitative estimate of drug-likeness (QED) is 0.883. The van der Waals surface area contributed by atoms with Crippen molar-refractivity contribution in [3.8, 4) is 11.8 Å². The molecule has 1 atom stereocenters. The average molecular weight is 349 g/mol. The van der Waals surface area contributed by atoms with E-state index < -0.39 is 0 Å². The molecule has 0 aliphatic rings. The molecule has 0 aromatic heterocycles. The zero-order valence-corrected chi connectivity index (χ0v) is 13.9. The van der Waals surface area contributed by atoms with Crippen LogP contribution in [0.1, 0.15) is 24.1 Å². The first-order valence-electron chi connectivity index (χ1n) is 6.87. The Morgan fingerprint density at radius 1 is 1.30 bits per heavy atom. The van der Waals surface area contributed by atoms with E-state index in [1.165, 1.54) is 0 Å². The summed E-state index contributed by atoms with van der Waals surface area (Å²) < 4.78 is 5.38. The minimum Gasteiger partial charge on any atom is -0.484 e. The van der Waals surface area contributed by atoms with Crippen LogP contribution in [-0.4, -0.2) is 12.5 Å². The third-order valence-corrected chi connectivity index (χ3v) is 3.70.